The molecule has 1 amide bonds. The number of amides is 1. The number of ether oxygens (including phenoxy) is 1. The van der Waals surface area contributed by atoms with Crippen molar-refractivity contribution < 1.29 is 19.7 Å². The minimum atomic E-state index is -0.404. The fourth-order valence-electron chi connectivity index (χ4n) is 1.96. The molecule has 0 aliphatic rings. The maximum atomic E-state index is 12.0. The number of rotatable bonds is 6. The Labute approximate surface area is 134 Å². The third-order valence-electron chi connectivity index (χ3n) is 3.16. The van der Waals surface area contributed by atoms with Gasteiger partial charge in [0.15, 0.2) is 11.5 Å². The Hall–Kier alpha value is -3.02. The average molecular weight is 314 g/mol. The van der Waals surface area contributed by atoms with Crippen LogP contribution in [0.2, 0.25) is 0 Å². The Kier molecular flexibility index (Phi) is 5.57. The third kappa shape index (κ3) is 4.23. The largest absolute Gasteiger partial charge is 0.507 e. The van der Waals surface area contributed by atoms with E-state index in [0.717, 1.165) is 0 Å². The molecule has 23 heavy (non-hydrogen) atoms. The summed E-state index contributed by atoms with van der Waals surface area (Å²) in [5.74, 6) is -0.193. The zero-order valence-corrected chi connectivity index (χ0v) is 12.7. The minimum absolute atomic E-state index is 0.147. The van der Waals surface area contributed by atoms with Crippen LogP contribution in [0.4, 0.5) is 0 Å². The molecule has 0 radical (unpaired) electrons. The van der Waals surface area contributed by atoms with Gasteiger partial charge in [-0.25, -0.2) is 0 Å². The highest BCUT2D eigenvalue weighted by atomic mass is 16.5. The number of hydrogen-bond acceptors (Lipinski definition) is 5. The summed E-state index contributed by atoms with van der Waals surface area (Å²) in [5.41, 5.74) is 0.762. The summed E-state index contributed by atoms with van der Waals surface area (Å²) in [6, 6.07) is 11.6. The predicted octanol–water partition coefficient (Wildman–Crippen LogP) is 1.96. The second-order valence-electron chi connectivity index (χ2n) is 4.71. The molecule has 6 nitrogen and oxygen atoms in total. The standard InChI is InChI=1S/C17H18N2O4/c1-23-15-8-4-6-13(16(15)21)17(22)19-10-9-18-11-12-5-2-3-7-14(12)20/h2-8,11,20-21H,9-10H2,1H3,(H,19,22). The highest BCUT2D eigenvalue weighted by Crippen LogP contribution is 2.29. The molecule has 0 bridgehead atoms. The average Bonchev–Trinajstić information content (AvgIpc) is 2.56. The van der Waals surface area contributed by atoms with Gasteiger partial charge in [-0.2, -0.15) is 0 Å². The van der Waals surface area contributed by atoms with Crippen molar-refractivity contribution in [3.63, 3.8) is 0 Å². The number of hydrogen-bond donors (Lipinski definition) is 3. The van der Waals surface area contributed by atoms with Crippen LogP contribution in [-0.2, 0) is 0 Å². The summed E-state index contributed by atoms with van der Waals surface area (Å²) in [6.07, 6.45) is 1.55. The predicted molar refractivity (Wildman–Crippen MR) is 87.6 cm³/mol. The molecule has 0 saturated carbocycles. The molecule has 0 spiro atoms. The number of phenols is 2. The number of aromatic hydroxyl groups is 2. The summed E-state index contributed by atoms with van der Waals surface area (Å²) < 4.78 is 4.96. The molecule has 120 valence electrons. The first-order valence-electron chi connectivity index (χ1n) is 7.05. The van der Waals surface area contributed by atoms with Crippen LogP contribution in [0.15, 0.2) is 47.5 Å². The van der Waals surface area contributed by atoms with Gasteiger partial charge < -0.3 is 20.3 Å². The van der Waals surface area contributed by atoms with Crippen LogP contribution in [-0.4, -0.2) is 42.5 Å². The van der Waals surface area contributed by atoms with Gasteiger partial charge in [0.1, 0.15) is 5.75 Å². The van der Waals surface area contributed by atoms with Gasteiger partial charge >= 0.3 is 0 Å². The van der Waals surface area contributed by atoms with Crippen LogP contribution >= 0.6 is 0 Å². The number of nitrogens with one attached hydrogen (secondary N) is 1. The minimum Gasteiger partial charge on any atom is -0.507 e. The first kappa shape index (κ1) is 16.4. The number of benzene rings is 2. The number of para-hydroxylation sites is 2. The summed E-state index contributed by atoms with van der Waals surface area (Å²) >= 11 is 0. The number of nitrogens with zero attached hydrogens (tertiary/aromatic N) is 1. The van der Waals surface area contributed by atoms with E-state index in [0.29, 0.717) is 18.7 Å². The van der Waals surface area contributed by atoms with Crippen molar-refractivity contribution in [2.75, 3.05) is 20.2 Å². The fourth-order valence-corrected chi connectivity index (χ4v) is 1.96. The van der Waals surface area contributed by atoms with Gasteiger partial charge in [-0.3, -0.25) is 9.79 Å². The summed E-state index contributed by atoms with van der Waals surface area (Å²) in [5, 5.41) is 22.1. The van der Waals surface area contributed by atoms with Crippen LogP contribution in [0.5, 0.6) is 17.2 Å². The first-order valence-corrected chi connectivity index (χ1v) is 7.05. The van der Waals surface area contributed by atoms with Gasteiger partial charge in [-0.05, 0) is 24.3 Å². The maximum Gasteiger partial charge on any atom is 0.255 e. The van der Waals surface area contributed by atoms with E-state index >= 15 is 0 Å². The number of aliphatic imine (C=N–C) groups is 1. The highest BCUT2D eigenvalue weighted by Gasteiger charge is 2.13. The number of methoxy groups -OCH3 is 1. The topological polar surface area (TPSA) is 91.2 Å². The molecule has 2 rings (SSSR count). The Balaban J connectivity index is 1.87. The van der Waals surface area contributed by atoms with Crippen molar-refractivity contribution in [2.45, 2.75) is 0 Å². The second kappa shape index (κ2) is 7.84. The third-order valence-corrected chi connectivity index (χ3v) is 3.16. The first-order chi connectivity index (χ1) is 11.1. The van der Waals surface area contributed by atoms with E-state index in [2.05, 4.69) is 10.3 Å². The molecule has 0 saturated heterocycles. The van der Waals surface area contributed by atoms with Crippen molar-refractivity contribution in [2.24, 2.45) is 4.99 Å². The number of phenolic OH excluding ortho intramolecular Hbond substituents is 2. The Bertz CT molecular complexity index is 713. The van der Waals surface area contributed by atoms with Crippen molar-refractivity contribution >= 4 is 12.1 Å². The normalized spacial score (nSPS) is 10.7. The molecule has 0 atom stereocenters. The SMILES string of the molecule is COc1cccc(C(=O)NCCN=Cc2ccccc2O)c1O. The van der Waals surface area contributed by atoms with Crippen LogP contribution < -0.4 is 10.1 Å². The van der Waals surface area contributed by atoms with E-state index in [1.807, 2.05) is 0 Å². The number of carbonyl (C=O) groups excluding carboxylic acids is 1. The van der Waals surface area contributed by atoms with Gasteiger partial charge in [0.05, 0.1) is 19.2 Å². The van der Waals surface area contributed by atoms with E-state index in [1.165, 1.54) is 13.2 Å². The van der Waals surface area contributed by atoms with E-state index in [1.54, 1.807) is 42.6 Å². The summed E-state index contributed by atoms with van der Waals surface area (Å²) in [6.45, 7) is 0.657. The van der Waals surface area contributed by atoms with E-state index in [9.17, 15) is 15.0 Å². The lowest BCUT2D eigenvalue weighted by atomic mass is 10.1. The zero-order chi connectivity index (χ0) is 16.7. The lowest BCUT2D eigenvalue weighted by molar-refractivity contribution is 0.0951. The van der Waals surface area contributed by atoms with Crippen molar-refractivity contribution in [1.29, 1.82) is 0 Å². The number of carbonyl (C=O) groups is 1. The molecule has 2 aromatic carbocycles. The summed E-state index contributed by atoms with van der Waals surface area (Å²) in [7, 11) is 1.42. The van der Waals surface area contributed by atoms with Gasteiger partial charge in [0.25, 0.3) is 5.91 Å². The van der Waals surface area contributed by atoms with Gasteiger partial charge in [-0.15, -0.1) is 0 Å². The van der Waals surface area contributed by atoms with E-state index < -0.39 is 5.91 Å². The lowest BCUT2D eigenvalue weighted by Crippen LogP contribution is -2.26. The molecule has 0 unspecified atom stereocenters. The monoisotopic (exact) mass is 314 g/mol. The van der Waals surface area contributed by atoms with Gasteiger partial charge in [0.2, 0.25) is 0 Å². The molecule has 6 heteroatoms. The zero-order valence-electron chi connectivity index (χ0n) is 12.7. The molecule has 0 heterocycles. The van der Waals surface area contributed by atoms with E-state index in [-0.39, 0.29) is 22.8 Å². The van der Waals surface area contributed by atoms with Crippen LogP contribution in [0.3, 0.4) is 0 Å². The second-order valence-corrected chi connectivity index (χ2v) is 4.71. The van der Waals surface area contributed by atoms with Gasteiger partial charge in [0, 0.05) is 18.3 Å². The van der Waals surface area contributed by atoms with Crippen molar-refractivity contribution in [3.8, 4) is 17.2 Å². The molecule has 0 aromatic heterocycles. The summed E-state index contributed by atoms with van der Waals surface area (Å²) in [4.78, 5) is 16.1. The van der Waals surface area contributed by atoms with Crippen molar-refractivity contribution in [3.05, 3.63) is 53.6 Å². The molecule has 0 aliphatic carbocycles. The highest BCUT2D eigenvalue weighted by molar-refractivity contribution is 5.97. The Morgan fingerprint density at radius 2 is 2.00 bits per heavy atom. The molecule has 2 aromatic rings. The molecular formula is C17H18N2O4. The molecule has 0 aliphatic heterocycles. The smallest absolute Gasteiger partial charge is 0.255 e. The van der Waals surface area contributed by atoms with Crippen LogP contribution in [0.1, 0.15) is 15.9 Å². The maximum absolute atomic E-state index is 12.0. The van der Waals surface area contributed by atoms with E-state index in [4.69, 9.17) is 4.74 Å². The Morgan fingerprint density at radius 1 is 1.22 bits per heavy atom. The molecular weight excluding hydrogens is 296 g/mol. The van der Waals surface area contributed by atoms with Gasteiger partial charge in [-0.1, -0.05) is 18.2 Å². The quantitative estimate of drug-likeness (QED) is 0.561. The Morgan fingerprint density at radius 3 is 2.74 bits per heavy atom. The molecule has 0 fully saturated rings. The van der Waals surface area contributed by atoms with Crippen LogP contribution in [0, 0.1) is 0 Å². The molecule has 3 N–H and O–H groups in total. The fraction of sp³-hybridized carbons (Fsp3) is 0.176. The van der Waals surface area contributed by atoms with Crippen LogP contribution in [0.25, 0.3) is 0 Å². The van der Waals surface area contributed by atoms with Crippen molar-refractivity contribution in [1.82, 2.24) is 5.32 Å². The lowest BCUT2D eigenvalue weighted by Gasteiger charge is -2.08.